The molecule has 0 saturated heterocycles. The van der Waals surface area contributed by atoms with Gasteiger partial charge in [-0.15, -0.1) is 0 Å². The Hall–Kier alpha value is -2.10. The zero-order chi connectivity index (χ0) is 13.0. The molecule has 0 spiro atoms. The van der Waals surface area contributed by atoms with Crippen LogP contribution in [0.3, 0.4) is 0 Å². The van der Waals surface area contributed by atoms with E-state index in [1.54, 1.807) is 31.4 Å². The minimum Gasteiger partial charge on any atom is -0.512 e. The number of rotatable bonds is 3. The van der Waals surface area contributed by atoms with Crippen molar-refractivity contribution >= 4 is 17.7 Å². The van der Waals surface area contributed by atoms with E-state index in [0.717, 1.165) is 11.4 Å². The molecule has 18 heavy (non-hydrogen) atoms. The number of aliphatic hydroxyl groups is 1. The summed E-state index contributed by atoms with van der Waals surface area (Å²) in [5.74, 6) is 0.851. The molecule has 0 fully saturated rings. The molecule has 0 radical (unpaired) electrons. The Morgan fingerprint density at radius 1 is 1.28 bits per heavy atom. The molecule has 0 amide bonds. The summed E-state index contributed by atoms with van der Waals surface area (Å²) in [4.78, 5) is 15.8. The smallest absolute Gasteiger partial charge is 0.167 e. The fraction of sp³-hybridized carbons (Fsp3) is 0.286. The lowest BCUT2D eigenvalue weighted by Crippen LogP contribution is -2.12. The lowest BCUT2D eigenvalue weighted by Gasteiger charge is -2.11. The third-order valence-electron chi connectivity index (χ3n) is 2.84. The standard InChI is InChI=1S/C14H15NO3/c1-18-11-7-5-10(6-8-11)15-9-12-13(16)3-2-4-14(12)17/h5-9,16H,2-4H2,1H3. The quantitative estimate of drug-likeness (QED) is 0.833. The predicted octanol–water partition coefficient (Wildman–Crippen LogP) is 2.96. The number of aliphatic hydroxyl groups excluding tert-OH is 1. The number of carbonyl (C=O) groups is 1. The van der Waals surface area contributed by atoms with E-state index < -0.39 is 0 Å². The first kappa shape index (κ1) is 12.4. The molecule has 1 aromatic carbocycles. The Morgan fingerprint density at radius 2 is 2.00 bits per heavy atom. The summed E-state index contributed by atoms with van der Waals surface area (Å²) in [6.07, 6.45) is 3.19. The summed E-state index contributed by atoms with van der Waals surface area (Å²) < 4.78 is 5.04. The Balaban J connectivity index is 2.16. The fourth-order valence-electron chi connectivity index (χ4n) is 1.80. The van der Waals surface area contributed by atoms with Gasteiger partial charge in [0.2, 0.25) is 0 Å². The number of nitrogens with zero attached hydrogens (tertiary/aromatic N) is 1. The Kier molecular flexibility index (Phi) is 3.77. The molecule has 0 saturated carbocycles. The molecule has 0 heterocycles. The second-order valence-corrected chi connectivity index (χ2v) is 4.09. The van der Waals surface area contributed by atoms with Gasteiger partial charge < -0.3 is 9.84 Å². The molecule has 2 rings (SSSR count). The van der Waals surface area contributed by atoms with Gasteiger partial charge in [-0.3, -0.25) is 9.79 Å². The van der Waals surface area contributed by atoms with Crippen LogP contribution in [0.2, 0.25) is 0 Å². The first-order chi connectivity index (χ1) is 8.70. The van der Waals surface area contributed by atoms with Gasteiger partial charge in [-0.25, -0.2) is 0 Å². The van der Waals surface area contributed by atoms with Crippen LogP contribution in [0.25, 0.3) is 0 Å². The van der Waals surface area contributed by atoms with Gasteiger partial charge in [0.25, 0.3) is 0 Å². The van der Waals surface area contributed by atoms with Gasteiger partial charge in [-0.1, -0.05) is 0 Å². The van der Waals surface area contributed by atoms with Crippen molar-refractivity contribution in [2.75, 3.05) is 7.11 Å². The van der Waals surface area contributed by atoms with Crippen molar-refractivity contribution < 1.29 is 14.6 Å². The maximum absolute atomic E-state index is 11.6. The number of carbonyl (C=O) groups excluding carboxylic acids is 1. The van der Waals surface area contributed by atoms with Gasteiger partial charge in [0.1, 0.15) is 11.5 Å². The minimum absolute atomic E-state index is 0.0454. The maximum atomic E-state index is 11.6. The van der Waals surface area contributed by atoms with Crippen LogP contribution in [0.4, 0.5) is 5.69 Å². The van der Waals surface area contributed by atoms with Gasteiger partial charge in [0, 0.05) is 19.1 Å². The number of aliphatic imine (C=N–C) groups is 1. The van der Waals surface area contributed by atoms with Crippen LogP contribution in [0, 0.1) is 0 Å². The number of hydrogen-bond donors (Lipinski definition) is 1. The fourth-order valence-corrected chi connectivity index (χ4v) is 1.80. The SMILES string of the molecule is COc1ccc(N=CC2=C(O)CCCC2=O)cc1. The van der Waals surface area contributed by atoms with E-state index in [4.69, 9.17) is 4.74 Å². The van der Waals surface area contributed by atoms with Crippen molar-refractivity contribution in [3.63, 3.8) is 0 Å². The summed E-state index contributed by atoms with van der Waals surface area (Å²) >= 11 is 0. The van der Waals surface area contributed by atoms with Gasteiger partial charge in [-0.05, 0) is 30.7 Å². The number of ether oxygens (including phenoxy) is 1. The monoisotopic (exact) mass is 245 g/mol. The van der Waals surface area contributed by atoms with Gasteiger partial charge in [0.15, 0.2) is 5.78 Å². The minimum atomic E-state index is -0.0454. The summed E-state index contributed by atoms with van der Waals surface area (Å²) in [5, 5.41) is 9.65. The van der Waals surface area contributed by atoms with E-state index in [-0.39, 0.29) is 11.5 Å². The molecule has 0 unspecified atom stereocenters. The molecule has 0 atom stereocenters. The highest BCUT2D eigenvalue weighted by Gasteiger charge is 2.18. The predicted molar refractivity (Wildman–Crippen MR) is 69.7 cm³/mol. The number of ketones is 1. The third-order valence-corrected chi connectivity index (χ3v) is 2.84. The molecule has 0 bridgehead atoms. The van der Waals surface area contributed by atoms with E-state index in [9.17, 15) is 9.90 Å². The summed E-state index contributed by atoms with van der Waals surface area (Å²) in [6.45, 7) is 0. The molecule has 94 valence electrons. The summed E-state index contributed by atoms with van der Waals surface area (Å²) in [7, 11) is 1.60. The van der Waals surface area contributed by atoms with Crippen molar-refractivity contribution in [1.82, 2.24) is 0 Å². The number of benzene rings is 1. The van der Waals surface area contributed by atoms with Crippen LogP contribution >= 0.6 is 0 Å². The van der Waals surface area contributed by atoms with E-state index >= 15 is 0 Å². The van der Waals surface area contributed by atoms with Crippen molar-refractivity contribution in [1.29, 1.82) is 0 Å². The van der Waals surface area contributed by atoms with Crippen LogP contribution in [-0.4, -0.2) is 24.2 Å². The molecule has 1 N–H and O–H groups in total. The topological polar surface area (TPSA) is 58.9 Å². The number of hydrogen-bond acceptors (Lipinski definition) is 4. The van der Waals surface area contributed by atoms with Gasteiger partial charge in [0.05, 0.1) is 18.4 Å². The third kappa shape index (κ3) is 2.77. The maximum Gasteiger partial charge on any atom is 0.167 e. The van der Waals surface area contributed by atoms with E-state index in [1.807, 2.05) is 0 Å². The van der Waals surface area contributed by atoms with Crippen LogP contribution in [-0.2, 0) is 4.79 Å². The second kappa shape index (κ2) is 5.49. The average molecular weight is 245 g/mol. The van der Waals surface area contributed by atoms with E-state index in [0.29, 0.717) is 24.8 Å². The van der Waals surface area contributed by atoms with Crippen molar-refractivity contribution in [3.05, 3.63) is 35.6 Å². The Bertz CT molecular complexity index is 500. The average Bonchev–Trinajstić information content (AvgIpc) is 2.39. The van der Waals surface area contributed by atoms with Crippen LogP contribution in [0.1, 0.15) is 19.3 Å². The van der Waals surface area contributed by atoms with Crippen LogP contribution in [0.15, 0.2) is 40.6 Å². The molecule has 0 aromatic heterocycles. The normalized spacial score (nSPS) is 16.4. The molecular weight excluding hydrogens is 230 g/mol. The summed E-state index contributed by atoms with van der Waals surface area (Å²) in [5.41, 5.74) is 1.05. The van der Waals surface area contributed by atoms with Crippen molar-refractivity contribution in [2.24, 2.45) is 4.99 Å². The highest BCUT2D eigenvalue weighted by atomic mass is 16.5. The van der Waals surface area contributed by atoms with E-state index in [1.165, 1.54) is 6.21 Å². The molecule has 4 heteroatoms. The highest BCUT2D eigenvalue weighted by Crippen LogP contribution is 2.21. The van der Waals surface area contributed by atoms with Crippen LogP contribution < -0.4 is 4.74 Å². The number of Topliss-reactive ketones (excluding diaryl/α,β-unsaturated/α-hetero) is 1. The van der Waals surface area contributed by atoms with Crippen molar-refractivity contribution in [3.8, 4) is 5.75 Å². The summed E-state index contributed by atoms with van der Waals surface area (Å²) in [6, 6.07) is 7.17. The largest absolute Gasteiger partial charge is 0.512 e. The Labute approximate surface area is 106 Å². The first-order valence-corrected chi connectivity index (χ1v) is 5.84. The lowest BCUT2D eigenvalue weighted by atomic mass is 9.97. The molecule has 1 aromatic rings. The molecule has 0 aliphatic heterocycles. The zero-order valence-electron chi connectivity index (χ0n) is 10.2. The molecule has 1 aliphatic rings. The van der Waals surface area contributed by atoms with E-state index in [2.05, 4.69) is 4.99 Å². The van der Waals surface area contributed by atoms with Crippen molar-refractivity contribution in [2.45, 2.75) is 19.3 Å². The van der Waals surface area contributed by atoms with Crippen LogP contribution in [0.5, 0.6) is 5.75 Å². The highest BCUT2D eigenvalue weighted by molar-refractivity contribution is 6.14. The molecule has 1 aliphatic carbocycles. The second-order valence-electron chi connectivity index (χ2n) is 4.09. The lowest BCUT2D eigenvalue weighted by molar-refractivity contribution is -0.115. The van der Waals surface area contributed by atoms with Gasteiger partial charge >= 0.3 is 0 Å². The molecular formula is C14H15NO3. The number of allylic oxidation sites excluding steroid dienone is 2. The first-order valence-electron chi connectivity index (χ1n) is 5.84. The molecule has 4 nitrogen and oxygen atoms in total. The van der Waals surface area contributed by atoms with Gasteiger partial charge in [-0.2, -0.15) is 0 Å². The number of methoxy groups -OCH3 is 1. The zero-order valence-corrected chi connectivity index (χ0v) is 10.2. The Morgan fingerprint density at radius 3 is 2.61 bits per heavy atom.